The Morgan fingerprint density at radius 1 is 1.44 bits per heavy atom. The molecule has 0 unspecified atom stereocenters. The minimum atomic E-state index is -0.0431. The van der Waals surface area contributed by atoms with Crippen LogP contribution in [0.15, 0.2) is 18.2 Å². The normalized spacial score (nSPS) is 15.9. The summed E-state index contributed by atoms with van der Waals surface area (Å²) in [6.07, 6.45) is 0. The number of hydrogen-bond acceptors (Lipinski definition) is 3. The summed E-state index contributed by atoms with van der Waals surface area (Å²) in [7, 11) is 0. The van der Waals surface area contributed by atoms with E-state index in [0.717, 1.165) is 30.3 Å². The van der Waals surface area contributed by atoms with Crippen molar-refractivity contribution in [2.45, 2.75) is 6.92 Å². The predicted molar refractivity (Wildman–Crippen MR) is 66.9 cm³/mol. The number of amides is 2. The Morgan fingerprint density at radius 2 is 2.19 bits per heavy atom. The van der Waals surface area contributed by atoms with Crippen LogP contribution in [0.5, 0.6) is 0 Å². The molecule has 0 aliphatic carbocycles. The number of nitrogens with zero attached hydrogens (tertiary/aromatic N) is 2. The van der Waals surface area contributed by atoms with Gasteiger partial charge in [-0.1, -0.05) is 6.07 Å². The Kier molecular flexibility index (Phi) is 3.66. The largest absolute Gasteiger partial charge is 0.323 e. The van der Waals surface area contributed by atoms with Gasteiger partial charge in [-0.15, -0.1) is 0 Å². The van der Waals surface area contributed by atoms with Crippen LogP contribution in [0, 0.1) is 6.92 Å². The van der Waals surface area contributed by atoms with E-state index in [4.69, 9.17) is 0 Å². The van der Waals surface area contributed by atoms with Crippen LogP contribution in [0.4, 0.5) is 10.6 Å². The minimum absolute atomic E-state index is 0.0431. The highest BCUT2D eigenvalue weighted by Gasteiger charge is 2.16. The maximum Gasteiger partial charge on any atom is 0.323 e. The Morgan fingerprint density at radius 3 is 2.88 bits per heavy atom. The first-order valence-electron chi connectivity index (χ1n) is 5.33. The number of thioether (sulfide) groups is 1. The minimum Gasteiger partial charge on any atom is -0.323 e. The maximum absolute atomic E-state index is 11.8. The van der Waals surface area contributed by atoms with Crippen LogP contribution in [-0.2, 0) is 0 Å². The van der Waals surface area contributed by atoms with Gasteiger partial charge in [-0.2, -0.15) is 11.8 Å². The molecule has 0 aromatic carbocycles. The van der Waals surface area contributed by atoms with Crippen molar-refractivity contribution in [2.24, 2.45) is 0 Å². The molecule has 1 fully saturated rings. The zero-order chi connectivity index (χ0) is 11.4. The summed E-state index contributed by atoms with van der Waals surface area (Å²) < 4.78 is 0. The van der Waals surface area contributed by atoms with Crippen LogP contribution in [-0.4, -0.2) is 40.5 Å². The van der Waals surface area contributed by atoms with Gasteiger partial charge in [-0.3, -0.25) is 5.32 Å². The Bertz CT molecular complexity index is 377. The Hall–Kier alpha value is -1.23. The molecule has 2 amide bonds. The fraction of sp³-hybridized carbons (Fsp3) is 0.455. The molecule has 1 aliphatic heterocycles. The molecule has 0 spiro atoms. The number of anilines is 1. The first kappa shape index (κ1) is 11.3. The van der Waals surface area contributed by atoms with Gasteiger partial charge in [0.1, 0.15) is 5.82 Å². The fourth-order valence-electron chi connectivity index (χ4n) is 1.57. The van der Waals surface area contributed by atoms with E-state index in [9.17, 15) is 4.79 Å². The van der Waals surface area contributed by atoms with Gasteiger partial charge in [0.25, 0.3) is 0 Å². The summed E-state index contributed by atoms with van der Waals surface area (Å²) in [4.78, 5) is 17.9. The molecule has 0 saturated carbocycles. The van der Waals surface area contributed by atoms with Crippen molar-refractivity contribution < 1.29 is 4.79 Å². The molecule has 1 aromatic heterocycles. The van der Waals surface area contributed by atoms with E-state index in [2.05, 4.69) is 10.3 Å². The topological polar surface area (TPSA) is 45.2 Å². The highest BCUT2D eigenvalue weighted by molar-refractivity contribution is 7.99. The molecule has 5 heteroatoms. The lowest BCUT2D eigenvalue weighted by atomic mass is 10.4. The third-order valence-electron chi connectivity index (χ3n) is 2.42. The van der Waals surface area contributed by atoms with Crippen LogP contribution in [0.3, 0.4) is 0 Å². The molecule has 1 saturated heterocycles. The van der Waals surface area contributed by atoms with Crippen LogP contribution < -0.4 is 5.32 Å². The lowest BCUT2D eigenvalue weighted by Crippen LogP contribution is -2.40. The van der Waals surface area contributed by atoms with Crippen LogP contribution in [0.25, 0.3) is 0 Å². The van der Waals surface area contributed by atoms with Crippen LogP contribution in [0.1, 0.15) is 5.69 Å². The van der Waals surface area contributed by atoms with Crippen molar-refractivity contribution >= 4 is 23.6 Å². The van der Waals surface area contributed by atoms with Crippen molar-refractivity contribution in [3.05, 3.63) is 23.9 Å². The molecule has 1 aliphatic rings. The summed E-state index contributed by atoms with van der Waals surface area (Å²) in [6, 6.07) is 5.57. The van der Waals surface area contributed by atoms with Crippen molar-refractivity contribution in [1.82, 2.24) is 9.88 Å². The van der Waals surface area contributed by atoms with E-state index < -0.39 is 0 Å². The lowest BCUT2D eigenvalue weighted by Gasteiger charge is -2.26. The van der Waals surface area contributed by atoms with Crippen LogP contribution in [0.2, 0.25) is 0 Å². The SMILES string of the molecule is Cc1cccc(NC(=O)N2CCSCC2)n1. The highest BCUT2D eigenvalue weighted by Crippen LogP contribution is 2.11. The third kappa shape index (κ3) is 2.88. The maximum atomic E-state index is 11.8. The van der Waals surface area contributed by atoms with E-state index >= 15 is 0 Å². The standard InChI is InChI=1S/C11H15N3OS/c1-9-3-2-4-10(12-9)13-11(15)14-5-7-16-8-6-14/h2-4H,5-8H2,1H3,(H,12,13,15). The van der Waals surface area contributed by atoms with Gasteiger partial charge in [0.2, 0.25) is 0 Å². The average molecular weight is 237 g/mol. The van der Waals surface area contributed by atoms with E-state index in [1.165, 1.54) is 0 Å². The molecule has 0 atom stereocenters. The van der Waals surface area contributed by atoms with Gasteiger partial charge in [-0.05, 0) is 19.1 Å². The molecule has 1 N–H and O–H groups in total. The highest BCUT2D eigenvalue weighted by atomic mass is 32.2. The zero-order valence-corrected chi connectivity index (χ0v) is 10.1. The second-order valence-corrected chi connectivity index (χ2v) is 4.92. The smallest absolute Gasteiger partial charge is 0.323 e. The van der Waals surface area contributed by atoms with Crippen LogP contribution >= 0.6 is 11.8 Å². The molecule has 2 rings (SSSR count). The molecular formula is C11H15N3OS. The Labute approximate surface area is 99.4 Å². The van der Waals surface area contributed by atoms with Gasteiger partial charge in [-0.25, -0.2) is 9.78 Å². The summed E-state index contributed by atoms with van der Waals surface area (Å²) in [5, 5.41) is 2.82. The summed E-state index contributed by atoms with van der Waals surface area (Å²) in [6.45, 7) is 3.55. The summed E-state index contributed by atoms with van der Waals surface area (Å²) in [5.41, 5.74) is 0.909. The number of carbonyl (C=O) groups excluding carboxylic acids is 1. The van der Waals surface area contributed by atoms with Crippen molar-refractivity contribution in [3.63, 3.8) is 0 Å². The van der Waals surface area contributed by atoms with E-state index in [1.54, 1.807) is 0 Å². The van der Waals surface area contributed by atoms with E-state index in [-0.39, 0.29) is 6.03 Å². The number of aromatic nitrogens is 1. The number of urea groups is 1. The molecule has 1 aromatic rings. The van der Waals surface area contributed by atoms with Gasteiger partial charge in [0.15, 0.2) is 0 Å². The Balaban J connectivity index is 1.96. The van der Waals surface area contributed by atoms with Crippen molar-refractivity contribution in [3.8, 4) is 0 Å². The molecule has 16 heavy (non-hydrogen) atoms. The second kappa shape index (κ2) is 5.21. The van der Waals surface area contributed by atoms with Crippen molar-refractivity contribution in [1.29, 1.82) is 0 Å². The third-order valence-corrected chi connectivity index (χ3v) is 3.36. The van der Waals surface area contributed by atoms with Gasteiger partial charge >= 0.3 is 6.03 Å². The average Bonchev–Trinajstić information content (AvgIpc) is 2.30. The number of carbonyl (C=O) groups is 1. The molecule has 0 bridgehead atoms. The number of rotatable bonds is 1. The number of nitrogens with one attached hydrogen (secondary N) is 1. The quantitative estimate of drug-likeness (QED) is 0.812. The van der Waals surface area contributed by atoms with E-state index in [1.807, 2.05) is 41.8 Å². The lowest BCUT2D eigenvalue weighted by molar-refractivity contribution is 0.217. The molecule has 86 valence electrons. The molecule has 2 heterocycles. The number of aryl methyl sites for hydroxylation is 1. The predicted octanol–water partition coefficient (Wildman–Crippen LogP) is 1.97. The molecule has 0 radical (unpaired) electrons. The fourth-order valence-corrected chi connectivity index (χ4v) is 2.47. The summed E-state index contributed by atoms with van der Waals surface area (Å²) >= 11 is 1.89. The second-order valence-electron chi connectivity index (χ2n) is 3.69. The zero-order valence-electron chi connectivity index (χ0n) is 9.27. The first-order chi connectivity index (χ1) is 7.75. The summed E-state index contributed by atoms with van der Waals surface area (Å²) in [5.74, 6) is 2.67. The van der Waals surface area contributed by atoms with E-state index in [0.29, 0.717) is 5.82 Å². The van der Waals surface area contributed by atoms with Gasteiger partial charge < -0.3 is 4.90 Å². The number of pyridine rings is 1. The molecular weight excluding hydrogens is 222 g/mol. The monoisotopic (exact) mass is 237 g/mol. The molecule has 4 nitrogen and oxygen atoms in total. The van der Waals surface area contributed by atoms with Gasteiger partial charge in [0, 0.05) is 30.3 Å². The number of hydrogen-bond donors (Lipinski definition) is 1. The first-order valence-corrected chi connectivity index (χ1v) is 6.48. The van der Waals surface area contributed by atoms with Gasteiger partial charge in [0.05, 0.1) is 0 Å². The van der Waals surface area contributed by atoms with Crippen molar-refractivity contribution in [2.75, 3.05) is 29.9 Å².